The molecule has 0 aliphatic carbocycles. The van der Waals surface area contributed by atoms with Crippen LogP contribution in [0.3, 0.4) is 0 Å². The largest absolute Gasteiger partial charge is 0.334 e. The lowest BCUT2D eigenvalue weighted by Gasteiger charge is -2.21. The van der Waals surface area contributed by atoms with Crippen LogP contribution in [-0.4, -0.2) is 55.6 Å². The number of amides is 1. The number of hydrogen-bond acceptors (Lipinski definition) is 6. The minimum Gasteiger partial charge on any atom is -0.334 e. The molecule has 6 rings (SSSR count). The summed E-state index contributed by atoms with van der Waals surface area (Å²) < 4.78 is 0. The molecule has 0 radical (unpaired) electrons. The van der Waals surface area contributed by atoms with Gasteiger partial charge in [-0.3, -0.25) is 9.89 Å². The maximum atomic E-state index is 13.3. The number of fused-ring (bicyclic) bond motifs is 1. The second kappa shape index (κ2) is 7.98. The average Bonchev–Trinajstić information content (AvgIpc) is 3.61. The van der Waals surface area contributed by atoms with Crippen molar-refractivity contribution in [2.24, 2.45) is 5.92 Å². The Hall–Kier alpha value is -4.33. The summed E-state index contributed by atoms with van der Waals surface area (Å²) in [5, 5.41) is 6.77. The molecule has 1 saturated heterocycles. The van der Waals surface area contributed by atoms with Crippen LogP contribution in [0.4, 0.5) is 5.95 Å². The van der Waals surface area contributed by atoms with E-state index in [0.29, 0.717) is 30.4 Å². The predicted octanol–water partition coefficient (Wildman–Crippen LogP) is 3.40. The number of anilines is 1. The summed E-state index contributed by atoms with van der Waals surface area (Å²) in [6.07, 6.45) is 5.35. The molecule has 4 aromatic rings. The lowest BCUT2D eigenvalue weighted by molar-refractivity contribution is 0.0789. The lowest BCUT2D eigenvalue weighted by Crippen LogP contribution is -2.32. The number of nitrogens with zero attached hydrogens (tertiary/aromatic N) is 6. The number of aromatic amines is 1. The van der Waals surface area contributed by atoms with Crippen LogP contribution in [0.25, 0.3) is 22.6 Å². The molecule has 4 heterocycles. The van der Waals surface area contributed by atoms with E-state index in [1.165, 1.54) is 11.9 Å². The Kier molecular flexibility index (Phi) is 4.68. The zero-order valence-corrected chi connectivity index (χ0v) is 17.8. The fraction of sp³-hybridized carbons (Fsp3) is 0.160. The maximum Gasteiger partial charge on any atom is 0.254 e. The summed E-state index contributed by atoms with van der Waals surface area (Å²) in [7, 11) is 0. The minimum atomic E-state index is 0.00572. The Balaban J connectivity index is 1.21. The van der Waals surface area contributed by atoms with Crippen LogP contribution in [0.2, 0.25) is 0 Å². The molecular formula is C25H21N7O. The molecule has 2 aromatic heterocycles. The van der Waals surface area contributed by atoms with Crippen molar-refractivity contribution in [2.75, 3.05) is 24.5 Å². The minimum absolute atomic E-state index is 0.00572. The highest BCUT2D eigenvalue weighted by molar-refractivity contribution is 6.00. The SMILES string of the molecule is O=C(c1ccccc1-c1ncn[nH]1)N1CC2=CN(c3nccc(-c4ccccc4)n3)CC2C1. The van der Waals surface area contributed by atoms with Gasteiger partial charge in [0.25, 0.3) is 5.91 Å². The standard InChI is InChI=1S/C25H21N7O/c33-24(21-9-5-4-8-20(21)23-27-16-28-30-23)31-12-18-14-32(15-19(18)13-31)25-26-11-10-22(29-25)17-6-2-1-3-7-17/h1-11,14,16,19H,12-13,15H2,(H,27,28,30). The third-order valence-corrected chi connectivity index (χ3v) is 6.16. The molecule has 0 saturated carbocycles. The van der Waals surface area contributed by atoms with Crippen LogP contribution < -0.4 is 4.90 Å². The quantitative estimate of drug-likeness (QED) is 0.528. The van der Waals surface area contributed by atoms with Crippen molar-refractivity contribution < 1.29 is 4.79 Å². The summed E-state index contributed by atoms with van der Waals surface area (Å²) in [4.78, 5) is 30.8. The molecule has 8 heteroatoms. The monoisotopic (exact) mass is 435 g/mol. The van der Waals surface area contributed by atoms with Gasteiger partial charge < -0.3 is 9.80 Å². The molecule has 1 fully saturated rings. The number of aromatic nitrogens is 5. The zero-order chi connectivity index (χ0) is 22.2. The van der Waals surface area contributed by atoms with E-state index in [1.54, 1.807) is 6.20 Å². The molecule has 33 heavy (non-hydrogen) atoms. The highest BCUT2D eigenvalue weighted by atomic mass is 16.2. The van der Waals surface area contributed by atoms with Gasteiger partial charge in [-0.1, -0.05) is 48.5 Å². The number of carbonyl (C=O) groups is 1. The van der Waals surface area contributed by atoms with Crippen LogP contribution in [0.1, 0.15) is 10.4 Å². The Bertz CT molecular complexity index is 1330. The zero-order valence-electron chi connectivity index (χ0n) is 17.8. The van der Waals surface area contributed by atoms with E-state index >= 15 is 0 Å². The molecule has 0 spiro atoms. The summed E-state index contributed by atoms with van der Waals surface area (Å²) >= 11 is 0. The number of carbonyl (C=O) groups excluding carboxylic acids is 1. The fourth-order valence-corrected chi connectivity index (χ4v) is 4.54. The Labute approximate surface area is 190 Å². The van der Waals surface area contributed by atoms with Gasteiger partial charge in [0.05, 0.1) is 11.3 Å². The smallest absolute Gasteiger partial charge is 0.254 e. The van der Waals surface area contributed by atoms with E-state index in [2.05, 4.69) is 31.3 Å². The van der Waals surface area contributed by atoms with Gasteiger partial charge in [0.15, 0.2) is 5.82 Å². The number of nitrogens with one attached hydrogen (secondary N) is 1. The number of rotatable bonds is 4. The molecule has 8 nitrogen and oxygen atoms in total. The number of H-pyrrole nitrogens is 1. The Morgan fingerprint density at radius 3 is 2.64 bits per heavy atom. The summed E-state index contributed by atoms with van der Waals surface area (Å²) in [5.41, 5.74) is 4.59. The molecule has 162 valence electrons. The molecule has 2 aliphatic heterocycles. The van der Waals surface area contributed by atoms with Gasteiger partial charge >= 0.3 is 0 Å². The Morgan fingerprint density at radius 2 is 1.82 bits per heavy atom. The van der Waals surface area contributed by atoms with Crippen molar-refractivity contribution in [3.8, 4) is 22.6 Å². The van der Waals surface area contributed by atoms with Crippen molar-refractivity contribution in [1.82, 2.24) is 30.0 Å². The van der Waals surface area contributed by atoms with Gasteiger partial charge in [0, 0.05) is 49.1 Å². The van der Waals surface area contributed by atoms with E-state index in [0.717, 1.165) is 23.4 Å². The molecule has 1 amide bonds. The number of likely N-dealkylation sites (tertiary alicyclic amines) is 1. The second-order valence-corrected chi connectivity index (χ2v) is 8.23. The van der Waals surface area contributed by atoms with Crippen molar-refractivity contribution in [1.29, 1.82) is 0 Å². The highest BCUT2D eigenvalue weighted by Gasteiger charge is 2.37. The number of hydrogen-bond donors (Lipinski definition) is 1. The van der Waals surface area contributed by atoms with Crippen LogP contribution >= 0.6 is 0 Å². The van der Waals surface area contributed by atoms with E-state index in [9.17, 15) is 4.79 Å². The van der Waals surface area contributed by atoms with E-state index in [1.807, 2.05) is 65.6 Å². The van der Waals surface area contributed by atoms with Crippen LogP contribution in [0, 0.1) is 5.92 Å². The summed E-state index contributed by atoms with van der Waals surface area (Å²) in [6, 6.07) is 19.5. The highest BCUT2D eigenvalue weighted by Crippen LogP contribution is 2.33. The van der Waals surface area contributed by atoms with Gasteiger partial charge in [-0.2, -0.15) is 5.10 Å². The molecule has 0 bridgehead atoms. The first-order chi connectivity index (χ1) is 16.3. The maximum absolute atomic E-state index is 13.3. The van der Waals surface area contributed by atoms with E-state index < -0.39 is 0 Å². The third-order valence-electron chi connectivity index (χ3n) is 6.16. The second-order valence-electron chi connectivity index (χ2n) is 8.23. The van der Waals surface area contributed by atoms with Gasteiger partial charge in [0.1, 0.15) is 6.33 Å². The van der Waals surface area contributed by atoms with Crippen LogP contribution in [0.15, 0.2) is 85.0 Å². The lowest BCUT2D eigenvalue weighted by atomic mass is 10.1. The molecule has 2 aromatic carbocycles. The summed E-state index contributed by atoms with van der Waals surface area (Å²) in [6.45, 7) is 2.04. The van der Waals surface area contributed by atoms with Gasteiger partial charge in [-0.15, -0.1) is 0 Å². The van der Waals surface area contributed by atoms with Crippen molar-refractivity contribution in [3.05, 3.63) is 90.5 Å². The molecule has 1 atom stereocenters. The van der Waals surface area contributed by atoms with Crippen molar-refractivity contribution >= 4 is 11.9 Å². The molecular weight excluding hydrogens is 414 g/mol. The molecule has 1 unspecified atom stereocenters. The van der Waals surface area contributed by atoms with Crippen molar-refractivity contribution in [2.45, 2.75) is 0 Å². The first-order valence-electron chi connectivity index (χ1n) is 10.9. The summed E-state index contributed by atoms with van der Waals surface area (Å²) in [5.74, 6) is 1.56. The van der Waals surface area contributed by atoms with E-state index in [-0.39, 0.29) is 11.8 Å². The first kappa shape index (κ1) is 19.4. The number of benzene rings is 2. The molecule has 2 aliphatic rings. The average molecular weight is 435 g/mol. The molecule has 1 N–H and O–H groups in total. The predicted molar refractivity (Wildman–Crippen MR) is 124 cm³/mol. The topological polar surface area (TPSA) is 90.9 Å². The van der Waals surface area contributed by atoms with Crippen LogP contribution in [-0.2, 0) is 0 Å². The fourth-order valence-electron chi connectivity index (χ4n) is 4.54. The van der Waals surface area contributed by atoms with Crippen LogP contribution in [0.5, 0.6) is 0 Å². The third kappa shape index (κ3) is 3.55. The first-order valence-corrected chi connectivity index (χ1v) is 10.9. The van der Waals surface area contributed by atoms with Gasteiger partial charge in [-0.25, -0.2) is 15.0 Å². The van der Waals surface area contributed by atoms with E-state index in [4.69, 9.17) is 4.98 Å². The normalized spacial score (nSPS) is 17.2. The van der Waals surface area contributed by atoms with Gasteiger partial charge in [-0.05, 0) is 17.7 Å². The Morgan fingerprint density at radius 1 is 0.970 bits per heavy atom. The van der Waals surface area contributed by atoms with Gasteiger partial charge in [0.2, 0.25) is 5.95 Å². The van der Waals surface area contributed by atoms with Crippen molar-refractivity contribution in [3.63, 3.8) is 0 Å².